The van der Waals surface area contributed by atoms with E-state index in [4.69, 9.17) is 16.3 Å². The summed E-state index contributed by atoms with van der Waals surface area (Å²) in [7, 11) is 0. The molecule has 0 aliphatic heterocycles. The van der Waals surface area contributed by atoms with Crippen LogP contribution in [-0.4, -0.2) is 21.3 Å². The van der Waals surface area contributed by atoms with Crippen molar-refractivity contribution in [2.45, 2.75) is 45.9 Å². The molecule has 0 bridgehead atoms. The second-order valence-electron chi connectivity index (χ2n) is 6.81. The van der Waals surface area contributed by atoms with Gasteiger partial charge in [0.15, 0.2) is 0 Å². The number of hydrogen-bond donors (Lipinski definition) is 0. The lowest BCUT2D eigenvalue weighted by Gasteiger charge is -2.10. The normalized spacial score (nSPS) is 11.4. The highest BCUT2D eigenvalue weighted by molar-refractivity contribution is 6.31. The molecule has 9 heteroatoms. The Labute approximate surface area is 183 Å². The van der Waals surface area contributed by atoms with E-state index in [-0.39, 0.29) is 0 Å². The summed E-state index contributed by atoms with van der Waals surface area (Å²) >= 11 is 6.39. The Bertz CT molecular complexity index is 1010. The number of aromatic nitrogens is 3. The quantitative estimate of drug-likeness (QED) is 0.404. The van der Waals surface area contributed by atoms with Gasteiger partial charge in [0.05, 0.1) is 22.6 Å². The minimum Gasteiger partial charge on any atom is -0.456 e. The summed E-state index contributed by atoms with van der Waals surface area (Å²) in [6, 6.07) is 9.93. The molecule has 2 heterocycles. The number of rotatable bonds is 8. The van der Waals surface area contributed by atoms with Crippen molar-refractivity contribution in [2.24, 2.45) is 0 Å². The molecular weight excluding hydrogens is 431 g/mol. The van der Waals surface area contributed by atoms with Gasteiger partial charge in [0.1, 0.15) is 17.3 Å². The van der Waals surface area contributed by atoms with Crippen LogP contribution in [-0.2, 0) is 19.3 Å². The van der Waals surface area contributed by atoms with E-state index in [9.17, 15) is 13.2 Å². The van der Waals surface area contributed by atoms with Crippen LogP contribution < -0.4 is 9.47 Å². The Hall–Kier alpha value is -2.87. The number of nitrogens with zero attached hydrogens (tertiary/aromatic N) is 3. The van der Waals surface area contributed by atoms with Crippen molar-refractivity contribution in [1.82, 2.24) is 15.0 Å². The van der Waals surface area contributed by atoms with E-state index < -0.39 is 12.2 Å². The fourth-order valence-corrected chi connectivity index (χ4v) is 3.32. The van der Waals surface area contributed by atoms with Gasteiger partial charge in [0.2, 0.25) is 5.88 Å². The number of aryl methyl sites for hydroxylation is 4. The van der Waals surface area contributed by atoms with Gasteiger partial charge in [-0.05, 0) is 56.4 Å². The smallest absolute Gasteiger partial charge is 0.456 e. The molecule has 0 aliphatic carbocycles. The minimum absolute atomic E-state index is 0.308. The van der Waals surface area contributed by atoms with E-state index >= 15 is 0 Å². The molecule has 1 aromatic carbocycles. The average Bonchev–Trinajstić information content (AvgIpc) is 2.72. The van der Waals surface area contributed by atoms with Gasteiger partial charge in [-0.15, -0.1) is 13.2 Å². The van der Waals surface area contributed by atoms with Gasteiger partial charge < -0.3 is 9.47 Å². The molecule has 0 unspecified atom stereocenters. The maximum absolute atomic E-state index is 12.2. The fraction of sp³-hybridized carbons (Fsp3) is 0.318. The molecule has 0 aliphatic rings. The zero-order valence-corrected chi connectivity index (χ0v) is 17.8. The third-order valence-electron chi connectivity index (χ3n) is 4.40. The monoisotopic (exact) mass is 451 g/mol. The molecule has 0 amide bonds. The molecule has 0 atom stereocenters. The Morgan fingerprint density at radius 2 is 1.61 bits per heavy atom. The van der Waals surface area contributed by atoms with E-state index in [1.54, 1.807) is 12.1 Å². The molecular formula is C22H21ClF3N3O2. The van der Waals surface area contributed by atoms with Crippen molar-refractivity contribution in [1.29, 1.82) is 0 Å². The number of hydrogen-bond acceptors (Lipinski definition) is 5. The molecule has 0 N–H and O–H groups in total. The number of alkyl halides is 3. The first-order valence-corrected chi connectivity index (χ1v) is 10.1. The van der Waals surface area contributed by atoms with Gasteiger partial charge in [-0.3, -0.25) is 0 Å². The molecule has 2 aromatic heterocycles. The number of pyridine rings is 1. The van der Waals surface area contributed by atoms with Crippen LogP contribution in [0.25, 0.3) is 0 Å². The molecule has 0 spiro atoms. The molecule has 31 heavy (non-hydrogen) atoms. The lowest BCUT2D eigenvalue weighted by atomic mass is 10.1. The van der Waals surface area contributed by atoms with Crippen LogP contribution in [0, 0.1) is 6.92 Å². The lowest BCUT2D eigenvalue weighted by molar-refractivity contribution is -0.276. The third kappa shape index (κ3) is 6.82. The highest BCUT2D eigenvalue weighted by Crippen LogP contribution is 2.26. The minimum atomic E-state index is -4.78. The Morgan fingerprint density at radius 1 is 0.935 bits per heavy atom. The highest BCUT2D eigenvalue weighted by atomic mass is 35.5. The molecule has 3 rings (SSSR count). The van der Waals surface area contributed by atoms with Gasteiger partial charge in [-0.25, -0.2) is 15.0 Å². The van der Waals surface area contributed by atoms with Crippen LogP contribution in [0.2, 0.25) is 5.02 Å². The summed E-state index contributed by atoms with van der Waals surface area (Å²) in [6.07, 6.45) is -0.361. The van der Waals surface area contributed by atoms with Gasteiger partial charge in [0, 0.05) is 6.07 Å². The number of ether oxygens (including phenoxy) is 2. The summed E-state index contributed by atoms with van der Waals surface area (Å²) < 4.78 is 45.9. The predicted molar refractivity (Wildman–Crippen MR) is 111 cm³/mol. The van der Waals surface area contributed by atoms with Crippen molar-refractivity contribution in [2.75, 3.05) is 0 Å². The lowest BCUT2D eigenvalue weighted by Crippen LogP contribution is -2.17. The zero-order valence-electron chi connectivity index (χ0n) is 17.0. The highest BCUT2D eigenvalue weighted by Gasteiger charge is 2.31. The summed E-state index contributed by atoms with van der Waals surface area (Å²) in [5, 5.41) is 0.650. The van der Waals surface area contributed by atoms with Crippen LogP contribution in [0.3, 0.4) is 0 Å². The summed E-state index contributed by atoms with van der Waals surface area (Å²) in [6.45, 7) is 3.88. The van der Waals surface area contributed by atoms with Crippen LogP contribution in [0.5, 0.6) is 17.4 Å². The summed E-state index contributed by atoms with van der Waals surface area (Å²) in [5.74, 6) is 1.05. The molecule has 5 nitrogen and oxygen atoms in total. The van der Waals surface area contributed by atoms with Crippen molar-refractivity contribution in [3.8, 4) is 17.4 Å². The van der Waals surface area contributed by atoms with Crippen LogP contribution >= 0.6 is 11.6 Å². The maximum Gasteiger partial charge on any atom is 0.574 e. The molecule has 3 aromatic rings. The average molecular weight is 452 g/mol. The molecule has 0 fully saturated rings. The van der Waals surface area contributed by atoms with E-state index in [0.717, 1.165) is 54.5 Å². The topological polar surface area (TPSA) is 57.1 Å². The second kappa shape index (κ2) is 9.96. The summed E-state index contributed by atoms with van der Waals surface area (Å²) in [5.41, 5.74) is 2.87. The molecule has 0 saturated carbocycles. The zero-order chi connectivity index (χ0) is 22.4. The first kappa shape index (κ1) is 22.8. The van der Waals surface area contributed by atoms with E-state index in [1.807, 2.05) is 26.0 Å². The Kier molecular flexibility index (Phi) is 7.33. The Morgan fingerprint density at radius 3 is 2.23 bits per heavy atom. The number of halogens is 4. The van der Waals surface area contributed by atoms with Crippen molar-refractivity contribution in [3.05, 3.63) is 70.4 Å². The molecule has 0 radical (unpaired) electrons. The van der Waals surface area contributed by atoms with E-state index in [2.05, 4.69) is 19.7 Å². The number of benzene rings is 1. The molecule has 0 saturated heterocycles. The molecule has 164 valence electrons. The Balaban J connectivity index is 1.53. The van der Waals surface area contributed by atoms with Gasteiger partial charge in [-0.2, -0.15) is 0 Å². The second-order valence-corrected chi connectivity index (χ2v) is 7.19. The predicted octanol–water partition coefficient (Wildman–Crippen LogP) is 6.26. The van der Waals surface area contributed by atoms with E-state index in [1.165, 1.54) is 12.3 Å². The standard InChI is InChI=1S/C22H21ClF3N3O2/c1-3-18-21(23)19(29-14(2)28-18)6-4-5-15-7-9-16(10-8-15)30-17-11-12-20(27-13-17)31-22(24,25)26/h7-13H,3-6H2,1-2H3. The first-order chi connectivity index (χ1) is 14.7. The van der Waals surface area contributed by atoms with Crippen molar-refractivity contribution < 1.29 is 22.6 Å². The summed E-state index contributed by atoms with van der Waals surface area (Å²) in [4.78, 5) is 12.4. The SMILES string of the molecule is CCc1nc(C)nc(CCCc2ccc(Oc3ccc(OC(F)(F)F)nc3)cc2)c1Cl. The van der Waals surface area contributed by atoms with Gasteiger partial charge in [-0.1, -0.05) is 30.7 Å². The maximum atomic E-state index is 12.2. The van der Waals surface area contributed by atoms with E-state index in [0.29, 0.717) is 16.5 Å². The third-order valence-corrected chi connectivity index (χ3v) is 4.84. The van der Waals surface area contributed by atoms with Crippen LogP contribution in [0.4, 0.5) is 13.2 Å². The van der Waals surface area contributed by atoms with Crippen molar-refractivity contribution >= 4 is 11.6 Å². The van der Waals surface area contributed by atoms with Gasteiger partial charge >= 0.3 is 6.36 Å². The fourth-order valence-electron chi connectivity index (χ4n) is 3.01. The largest absolute Gasteiger partial charge is 0.574 e. The van der Waals surface area contributed by atoms with Crippen LogP contribution in [0.1, 0.15) is 36.1 Å². The van der Waals surface area contributed by atoms with Crippen molar-refractivity contribution in [3.63, 3.8) is 0 Å². The van der Waals surface area contributed by atoms with Crippen LogP contribution in [0.15, 0.2) is 42.6 Å². The first-order valence-electron chi connectivity index (χ1n) is 9.74. The van der Waals surface area contributed by atoms with Gasteiger partial charge in [0.25, 0.3) is 0 Å².